The first-order valence-corrected chi connectivity index (χ1v) is 5.86. The molecule has 17 heavy (non-hydrogen) atoms. The van der Waals surface area contributed by atoms with Crippen LogP contribution >= 0.6 is 27.5 Å². The van der Waals surface area contributed by atoms with Crippen LogP contribution in [0.5, 0.6) is 17.4 Å². The van der Waals surface area contributed by atoms with Gasteiger partial charge in [-0.1, -0.05) is 23.7 Å². The molecule has 0 aliphatic heterocycles. The fourth-order valence-electron chi connectivity index (χ4n) is 1.21. The van der Waals surface area contributed by atoms with Gasteiger partial charge in [-0.05, 0) is 28.1 Å². The van der Waals surface area contributed by atoms with Gasteiger partial charge in [0.2, 0.25) is 5.75 Å². The van der Waals surface area contributed by atoms with Crippen LogP contribution in [0.25, 0.3) is 0 Å². The number of para-hydroxylation sites is 1. The summed E-state index contributed by atoms with van der Waals surface area (Å²) in [5.74, 6) is 1.21. The quantitative estimate of drug-likeness (QED) is 0.810. The number of nitrogens with zero attached hydrogens (tertiary/aromatic N) is 2. The predicted octanol–water partition coefficient (Wildman–Crippen LogP) is 3.69. The first kappa shape index (κ1) is 12.1. The molecule has 2 rings (SSSR count). The molecule has 0 spiro atoms. The van der Waals surface area contributed by atoms with Crippen molar-refractivity contribution in [3.8, 4) is 17.4 Å². The van der Waals surface area contributed by atoms with Crippen molar-refractivity contribution in [1.82, 2.24) is 9.97 Å². The van der Waals surface area contributed by atoms with Gasteiger partial charge in [0.25, 0.3) is 5.88 Å². The lowest BCUT2D eigenvalue weighted by Crippen LogP contribution is -1.95. The summed E-state index contributed by atoms with van der Waals surface area (Å²) in [6, 6.07) is 7.42. The van der Waals surface area contributed by atoms with Gasteiger partial charge in [0.15, 0.2) is 5.15 Å². The van der Waals surface area contributed by atoms with Crippen LogP contribution in [0.4, 0.5) is 0 Å². The van der Waals surface area contributed by atoms with E-state index in [1.54, 1.807) is 6.07 Å². The third-order valence-electron chi connectivity index (χ3n) is 1.98. The van der Waals surface area contributed by atoms with Crippen LogP contribution in [0.3, 0.4) is 0 Å². The largest absolute Gasteiger partial charge is 0.489 e. The zero-order valence-electron chi connectivity index (χ0n) is 8.85. The number of aromatic nitrogens is 2. The zero-order valence-corrected chi connectivity index (χ0v) is 11.2. The number of hydrogen-bond acceptors (Lipinski definition) is 4. The lowest BCUT2D eigenvalue weighted by molar-refractivity contribution is 0.366. The smallest absolute Gasteiger partial charge is 0.267 e. The fraction of sp³-hybridized carbons (Fsp3) is 0.0909. The molecule has 1 aromatic carbocycles. The van der Waals surface area contributed by atoms with Gasteiger partial charge >= 0.3 is 0 Å². The van der Waals surface area contributed by atoms with Crippen LogP contribution in [0.15, 0.2) is 35.1 Å². The van der Waals surface area contributed by atoms with Crippen molar-refractivity contribution < 1.29 is 9.47 Å². The average Bonchev–Trinajstić information content (AvgIpc) is 2.32. The Morgan fingerprint density at radius 1 is 1.24 bits per heavy atom. The van der Waals surface area contributed by atoms with Gasteiger partial charge in [0, 0.05) is 0 Å². The number of hydrogen-bond donors (Lipinski definition) is 0. The van der Waals surface area contributed by atoms with E-state index in [4.69, 9.17) is 21.1 Å². The monoisotopic (exact) mass is 314 g/mol. The molecular formula is C11H8BrClN2O2. The van der Waals surface area contributed by atoms with Crippen molar-refractivity contribution in [1.29, 1.82) is 0 Å². The molecule has 0 radical (unpaired) electrons. The van der Waals surface area contributed by atoms with Gasteiger partial charge in [-0.15, -0.1) is 0 Å². The minimum atomic E-state index is 0.213. The SMILES string of the molecule is COc1c(Cl)ncnc1Oc1ccccc1Br. The van der Waals surface area contributed by atoms with E-state index in [0.717, 1.165) is 4.47 Å². The average molecular weight is 316 g/mol. The summed E-state index contributed by atoms with van der Waals surface area (Å²) in [7, 11) is 1.48. The Morgan fingerprint density at radius 3 is 2.71 bits per heavy atom. The molecular weight excluding hydrogens is 307 g/mol. The van der Waals surface area contributed by atoms with E-state index in [2.05, 4.69) is 25.9 Å². The second-order valence-corrected chi connectivity index (χ2v) is 4.25. The van der Waals surface area contributed by atoms with Crippen LogP contribution in [-0.2, 0) is 0 Å². The summed E-state index contributed by atoms with van der Waals surface area (Å²) < 4.78 is 11.5. The summed E-state index contributed by atoms with van der Waals surface area (Å²) in [4.78, 5) is 7.80. The van der Waals surface area contributed by atoms with E-state index in [-0.39, 0.29) is 11.0 Å². The highest BCUT2D eigenvalue weighted by Crippen LogP contribution is 2.36. The molecule has 0 saturated heterocycles. The van der Waals surface area contributed by atoms with Crippen molar-refractivity contribution in [2.75, 3.05) is 7.11 Å². The molecule has 4 nitrogen and oxygen atoms in total. The number of rotatable bonds is 3. The first-order valence-electron chi connectivity index (χ1n) is 4.69. The second-order valence-electron chi connectivity index (χ2n) is 3.04. The molecule has 6 heteroatoms. The minimum absolute atomic E-state index is 0.213. The molecule has 0 unspecified atom stereocenters. The van der Waals surface area contributed by atoms with Crippen LogP contribution in [0.2, 0.25) is 5.15 Å². The van der Waals surface area contributed by atoms with Crippen molar-refractivity contribution in [3.63, 3.8) is 0 Å². The van der Waals surface area contributed by atoms with Gasteiger partial charge in [-0.3, -0.25) is 0 Å². The Balaban J connectivity index is 2.37. The lowest BCUT2D eigenvalue weighted by atomic mass is 10.3. The van der Waals surface area contributed by atoms with E-state index >= 15 is 0 Å². The molecule has 0 fully saturated rings. The molecule has 1 heterocycles. The summed E-state index contributed by atoms with van der Waals surface area (Å²) >= 11 is 9.24. The third kappa shape index (κ3) is 2.68. The summed E-state index contributed by atoms with van der Waals surface area (Å²) in [6.07, 6.45) is 1.32. The summed E-state index contributed by atoms with van der Waals surface area (Å²) in [6.45, 7) is 0. The maximum absolute atomic E-state index is 5.87. The Bertz CT molecular complexity index is 537. The van der Waals surface area contributed by atoms with E-state index in [9.17, 15) is 0 Å². The maximum atomic E-state index is 5.87. The van der Waals surface area contributed by atoms with Crippen LogP contribution in [-0.4, -0.2) is 17.1 Å². The third-order valence-corrected chi connectivity index (χ3v) is 2.90. The van der Waals surface area contributed by atoms with Gasteiger partial charge in [0.1, 0.15) is 12.1 Å². The van der Waals surface area contributed by atoms with E-state index in [0.29, 0.717) is 11.5 Å². The maximum Gasteiger partial charge on any atom is 0.267 e. The zero-order chi connectivity index (χ0) is 12.3. The molecule has 1 aromatic heterocycles. The van der Waals surface area contributed by atoms with Crippen LogP contribution in [0, 0.1) is 0 Å². The molecule has 0 atom stereocenters. The normalized spacial score (nSPS) is 10.1. The van der Waals surface area contributed by atoms with Crippen LogP contribution < -0.4 is 9.47 Å². The molecule has 0 bridgehead atoms. The molecule has 0 aliphatic rings. The highest BCUT2D eigenvalue weighted by molar-refractivity contribution is 9.10. The Morgan fingerprint density at radius 2 is 2.00 bits per heavy atom. The summed E-state index contributed by atoms with van der Waals surface area (Å²) in [5.41, 5.74) is 0. The van der Waals surface area contributed by atoms with E-state index in [1.807, 2.05) is 18.2 Å². The first-order chi connectivity index (χ1) is 8.22. The van der Waals surface area contributed by atoms with Crippen molar-refractivity contribution in [2.24, 2.45) is 0 Å². The number of methoxy groups -OCH3 is 1. The summed E-state index contributed by atoms with van der Waals surface area (Å²) in [5, 5.41) is 0.213. The molecule has 0 amide bonds. The molecule has 0 saturated carbocycles. The van der Waals surface area contributed by atoms with Crippen molar-refractivity contribution in [3.05, 3.63) is 40.2 Å². The van der Waals surface area contributed by atoms with Crippen LogP contribution in [0.1, 0.15) is 0 Å². The fourth-order valence-corrected chi connectivity index (χ4v) is 1.78. The number of ether oxygens (including phenoxy) is 2. The standard InChI is InChI=1S/C11H8BrClN2O2/c1-16-9-10(13)14-6-15-11(9)17-8-5-3-2-4-7(8)12/h2-6H,1H3. The Kier molecular flexibility index (Phi) is 3.81. The highest BCUT2D eigenvalue weighted by atomic mass is 79.9. The van der Waals surface area contributed by atoms with E-state index < -0.39 is 0 Å². The molecule has 2 aromatic rings. The molecule has 88 valence electrons. The number of benzene rings is 1. The minimum Gasteiger partial charge on any atom is -0.489 e. The van der Waals surface area contributed by atoms with Gasteiger partial charge < -0.3 is 9.47 Å². The van der Waals surface area contributed by atoms with Gasteiger partial charge in [-0.25, -0.2) is 4.98 Å². The van der Waals surface area contributed by atoms with E-state index in [1.165, 1.54) is 13.4 Å². The number of halogens is 2. The molecule has 0 N–H and O–H groups in total. The Labute approximate surface area is 112 Å². The molecule has 0 aliphatic carbocycles. The topological polar surface area (TPSA) is 44.2 Å². The Hall–Kier alpha value is -1.33. The van der Waals surface area contributed by atoms with Crippen molar-refractivity contribution >= 4 is 27.5 Å². The second kappa shape index (κ2) is 5.33. The van der Waals surface area contributed by atoms with Gasteiger partial charge in [-0.2, -0.15) is 4.98 Å². The van der Waals surface area contributed by atoms with Gasteiger partial charge in [0.05, 0.1) is 11.6 Å². The van der Waals surface area contributed by atoms with Crippen molar-refractivity contribution in [2.45, 2.75) is 0 Å². The lowest BCUT2D eigenvalue weighted by Gasteiger charge is -2.10. The highest BCUT2D eigenvalue weighted by Gasteiger charge is 2.13. The predicted molar refractivity (Wildman–Crippen MR) is 67.8 cm³/mol.